The van der Waals surface area contributed by atoms with Crippen LogP contribution in [0.4, 0.5) is 5.69 Å². The smallest absolute Gasteiger partial charge is 0.288 e. The number of benzene rings is 2. The molecule has 3 aromatic rings. The summed E-state index contributed by atoms with van der Waals surface area (Å²) in [6.45, 7) is 2.06. The van der Waals surface area contributed by atoms with Gasteiger partial charge in [0.25, 0.3) is 11.2 Å². The fraction of sp³-hybridized carbons (Fsp3) is 0.167. The van der Waals surface area contributed by atoms with Gasteiger partial charge >= 0.3 is 0 Å². The molecule has 0 atom stereocenters. The summed E-state index contributed by atoms with van der Waals surface area (Å²) in [4.78, 5) is 22.5. The van der Waals surface area contributed by atoms with Gasteiger partial charge < -0.3 is 9.30 Å². The first kappa shape index (κ1) is 15.7. The molecule has 2 aromatic carbocycles. The van der Waals surface area contributed by atoms with E-state index in [1.165, 1.54) is 16.7 Å². The molecular formula is C18H16N2O4. The number of hydrogen-bond donors (Lipinski definition) is 0. The fourth-order valence-corrected chi connectivity index (χ4v) is 2.70. The molecule has 0 amide bonds. The Balaban J connectivity index is 1.81. The van der Waals surface area contributed by atoms with Gasteiger partial charge in [0.2, 0.25) is 0 Å². The Morgan fingerprint density at radius 1 is 1.08 bits per heavy atom. The number of hydrogen-bond acceptors (Lipinski definition) is 4. The lowest BCUT2D eigenvalue weighted by Crippen LogP contribution is -2.25. The number of ether oxygens (including phenoxy) is 1. The van der Waals surface area contributed by atoms with Crippen LogP contribution in [0, 0.1) is 17.0 Å². The van der Waals surface area contributed by atoms with Crippen LogP contribution in [0.2, 0.25) is 0 Å². The molecule has 1 aromatic heterocycles. The van der Waals surface area contributed by atoms with E-state index in [9.17, 15) is 14.9 Å². The van der Waals surface area contributed by atoms with E-state index in [-0.39, 0.29) is 24.4 Å². The van der Waals surface area contributed by atoms with Crippen LogP contribution >= 0.6 is 0 Å². The van der Waals surface area contributed by atoms with E-state index in [2.05, 4.69) is 0 Å². The predicted octanol–water partition coefficient (Wildman–Crippen LogP) is 3.30. The molecule has 24 heavy (non-hydrogen) atoms. The Morgan fingerprint density at radius 3 is 2.62 bits per heavy atom. The first-order chi connectivity index (χ1) is 11.6. The second-order valence-electron chi connectivity index (χ2n) is 5.38. The summed E-state index contributed by atoms with van der Waals surface area (Å²) >= 11 is 0. The Morgan fingerprint density at radius 2 is 1.83 bits per heavy atom. The van der Waals surface area contributed by atoms with Crippen molar-refractivity contribution < 1.29 is 9.66 Å². The Bertz CT molecular complexity index is 957. The molecule has 122 valence electrons. The van der Waals surface area contributed by atoms with E-state index < -0.39 is 4.92 Å². The van der Waals surface area contributed by atoms with Gasteiger partial charge in [-0.3, -0.25) is 14.9 Å². The van der Waals surface area contributed by atoms with Crippen LogP contribution in [0.3, 0.4) is 0 Å². The van der Waals surface area contributed by atoms with Gasteiger partial charge in [-0.2, -0.15) is 0 Å². The lowest BCUT2D eigenvalue weighted by molar-refractivity contribution is -0.386. The van der Waals surface area contributed by atoms with Gasteiger partial charge in [-0.25, -0.2) is 0 Å². The van der Waals surface area contributed by atoms with Crippen LogP contribution < -0.4 is 10.3 Å². The first-order valence-electron chi connectivity index (χ1n) is 7.53. The van der Waals surface area contributed by atoms with Gasteiger partial charge in [0.1, 0.15) is 12.4 Å². The highest BCUT2D eigenvalue weighted by molar-refractivity contribution is 5.88. The van der Waals surface area contributed by atoms with Gasteiger partial charge in [0.15, 0.2) is 0 Å². The van der Waals surface area contributed by atoms with Crippen LogP contribution in [0.15, 0.2) is 59.4 Å². The topological polar surface area (TPSA) is 74.4 Å². The highest BCUT2D eigenvalue weighted by Gasteiger charge is 2.14. The van der Waals surface area contributed by atoms with Gasteiger partial charge in [-0.15, -0.1) is 0 Å². The molecule has 1 heterocycles. The Labute approximate surface area is 138 Å². The third-order valence-electron chi connectivity index (χ3n) is 3.94. The van der Waals surface area contributed by atoms with Crippen molar-refractivity contribution in [2.75, 3.05) is 6.61 Å². The highest BCUT2D eigenvalue weighted by Crippen LogP contribution is 2.25. The molecule has 0 bridgehead atoms. The second kappa shape index (κ2) is 6.54. The van der Waals surface area contributed by atoms with Gasteiger partial charge in [-0.05, 0) is 18.4 Å². The monoisotopic (exact) mass is 324 g/mol. The predicted molar refractivity (Wildman–Crippen MR) is 91.5 cm³/mol. The number of rotatable bonds is 5. The van der Waals surface area contributed by atoms with E-state index in [1.807, 2.05) is 42.5 Å². The molecule has 0 aliphatic heterocycles. The number of fused-ring (bicyclic) bond motifs is 1. The quantitative estimate of drug-likeness (QED) is 0.533. The molecule has 0 spiro atoms. The molecule has 3 rings (SSSR count). The molecule has 0 saturated heterocycles. The van der Waals surface area contributed by atoms with Crippen molar-refractivity contribution in [1.82, 2.24) is 4.57 Å². The number of aromatic nitrogens is 1. The molecule has 6 nitrogen and oxygen atoms in total. The summed E-state index contributed by atoms with van der Waals surface area (Å²) in [7, 11) is 0. The maximum absolute atomic E-state index is 12.0. The van der Waals surface area contributed by atoms with E-state index >= 15 is 0 Å². The van der Waals surface area contributed by atoms with Crippen LogP contribution in [0.1, 0.15) is 5.69 Å². The lowest BCUT2D eigenvalue weighted by Gasteiger charge is -2.12. The van der Waals surface area contributed by atoms with Crippen LogP contribution in [0.25, 0.3) is 10.8 Å². The molecule has 0 fully saturated rings. The minimum absolute atomic E-state index is 0.0697. The average Bonchev–Trinajstić information content (AvgIpc) is 2.57. The normalized spacial score (nSPS) is 10.7. The molecule has 0 aliphatic rings. The lowest BCUT2D eigenvalue weighted by atomic mass is 10.1. The van der Waals surface area contributed by atoms with Crippen LogP contribution in [-0.2, 0) is 6.54 Å². The van der Waals surface area contributed by atoms with Crippen molar-refractivity contribution in [3.63, 3.8) is 0 Å². The summed E-state index contributed by atoms with van der Waals surface area (Å²) in [5.41, 5.74) is -0.0200. The maximum atomic E-state index is 12.0. The fourth-order valence-electron chi connectivity index (χ4n) is 2.70. The first-order valence-corrected chi connectivity index (χ1v) is 7.53. The maximum Gasteiger partial charge on any atom is 0.288 e. The third-order valence-corrected chi connectivity index (χ3v) is 3.94. The zero-order chi connectivity index (χ0) is 17.1. The highest BCUT2D eigenvalue weighted by atomic mass is 16.6. The van der Waals surface area contributed by atoms with E-state index in [0.29, 0.717) is 5.69 Å². The number of pyridine rings is 1. The Hall–Kier alpha value is -3.15. The second-order valence-corrected chi connectivity index (χ2v) is 5.38. The van der Waals surface area contributed by atoms with E-state index in [4.69, 9.17) is 4.74 Å². The van der Waals surface area contributed by atoms with E-state index in [1.54, 1.807) is 6.92 Å². The zero-order valence-corrected chi connectivity index (χ0v) is 13.1. The van der Waals surface area contributed by atoms with Crippen molar-refractivity contribution >= 4 is 16.5 Å². The summed E-state index contributed by atoms with van der Waals surface area (Å²) in [5, 5.41) is 13.0. The summed E-state index contributed by atoms with van der Waals surface area (Å²) in [5.74, 6) is 0.726. The Kier molecular flexibility index (Phi) is 4.29. The molecule has 0 N–H and O–H groups in total. The van der Waals surface area contributed by atoms with Crippen molar-refractivity contribution in [3.05, 3.63) is 80.8 Å². The minimum Gasteiger partial charge on any atom is -0.491 e. The van der Waals surface area contributed by atoms with Gasteiger partial charge in [-0.1, -0.05) is 36.4 Å². The zero-order valence-electron chi connectivity index (χ0n) is 13.1. The molecule has 6 heteroatoms. The third kappa shape index (κ3) is 2.99. The van der Waals surface area contributed by atoms with Crippen molar-refractivity contribution in [1.29, 1.82) is 0 Å². The van der Waals surface area contributed by atoms with Crippen LogP contribution in [0.5, 0.6) is 5.75 Å². The van der Waals surface area contributed by atoms with Crippen LogP contribution in [-0.4, -0.2) is 16.1 Å². The minimum atomic E-state index is -0.489. The van der Waals surface area contributed by atoms with Crippen molar-refractivity contribution in [2.24, 2.45) is 0 Å². The SMILES string of the molecule is Cc1c([N+](=O)[O-])ccc(=O)n1CCOc1cccc2ccccc12. The molecule has 0 unspecified atom stereocenters. The van der Waals surface area contributed by atoms with E-state index in [0.717, 1.165) is 16.5 Å². The molecule has 0 saturated carbocycles. The summed E-state index contributed by atoms with van der Waals surface area (Å²) in [6, 6.07) is 16.1. The summed E-state index contributed by atoms with van der Waals surface area (Å²) < 4.78 is 7.17. The standard InChI is InChI=1S/C18H16N2O4/c1-13-16(20(22)23)9-10-18(21)19(13)11-12-24-17-8-4-6-14-5-2-3-7-15(14)17/h2-10H,11-12H2,1H3. The molecule has 0 aliphatic carbocycles. The van der Waals surface area contributed by atoms with Gasteiger partial charge in [0, 0.05) is 17.5 Å². The summed E-state index contributed by atoms with van der Waals surface area (Å²) in [6.07, 6.45) is 0. The molecule has 0 radical (unpaired) electrons. The molecular weight excluding hydrogens is 308 g/mol. The number of nitrogens with zero attached hydrogens (tertiary/aromatic N) is 2. The number of nitro groups is 1. The van der Waals surface area contributed by atoms with Crippen molar-refractivity contribution in [2.45, 2.75) is 13.5 Å². The van der Waals surface area contributed by atoms with Gasteiger partial charge in [0.05, 0.1) is 17.2 Å². The average molecular weight is 324 g/mol. The largest absolute Gasteiger partial charge is 0.491 e. The van der Waals surface area contributed by atoms with Crippen molar-refractivity contribution in [3.8, 4) is 5.75 Å².